The molecule has 4 rings (SSSR count). The van der Waals surface area contributed by atoms with Crippen LogP contribution in [0.25, 0.3) is 0 Å². The van der Waals surface area contributed by atoms with Crippen LogP contribution in [-0.2, 0) is 19.0 Å². The molecule has 178 valence electrons. The van der Waals surface area contributed by atoms with Gasteiger partial charge in [-0.2, -0.15) is 0 Å². The standard InChI is InChI=1S/C26H44O5/c1-21(2,3)24(10,22(4,5)6)19(27)29-25-12-17-11-18(13-25)15-26(14-17,16-25)31-20(28)30-23(7,8)9/h17-18H,11-16H2,1-10H3. The summed E-state index contributed by atoms with van der Waals surface area (Å²) in [5.74, 6) is 0.723. The van der Waals surface area contributed by atoms with E-state index >= 15 is 0 Å². The van der Waals surface area contributed by atoms with E-state index in [1.807, 2.05) is 27.7 Å². The van der Waals surface area contributed by atoms with Crippen LogP contribution < -0.4 is 0 Å². The summed E-state index contributed by atoms with van der Waals surface area (Å²) < 4.78 is 18.0. The minimum Gasteiger partial charge on any atom is -0.458 e. The molecule has 4 fully saturated rings. The van der Waals surface area contributed by atoms with E-state index in [1.165, 1.54) is 0 Å². The van der Waals surface area contributed by atoms with Crippen molar-refractivity contribution in [2.45, 2.75) is 125 Å². The molecule has 4 bridgehead atoms. The van der Waals surface area contributed by atoms with Crippen molar-refractivity contribution in [3.8, 4) is 0 Å². The highest BCUT2D eigenvalue weighted by Gasteiger charge is 2.63. The molecule has 5 nitrogen and oxygen atoms in total. The summed E-state index contributed by atoms with van der Waals surface area (Å²) >= 11 is 0. The summed E-state index contributed by atoms with van der Waals surface area (Å²) in [5.41, 5.74) is -2.87. The van der Waals surface area contributed by atoms with Crippen molar-refractivity contribution in [2.24, 2.45) is 28.1 Å². The van der Waals surface area contributed by atoms with Crippen molar-refractivity contribution in [3.63, 3.8) is 0 Å². The van der Waals surface area contributed by atoms with Gasteiger partial charge in [0.15, 0.2) is 0 Å². The topological polar surface area (TPSA) is 61.8 Å². The van der Waals surface area contributed by atoms with Gasteiger partial charge in [0, 0.05) is 6.42 Å². The summed E-state index contributed by atoms with van der Waals surface area (Å²) in [4.78, 5) is 26.3. The van der Waals surface area contributed by atoms with Gasteiger partial charge in [-0.15, -0.1) is 0 Å². The number of carbonyl (C=O) groups is 2. The Morgan fingerprint density at radius 3 is 1.52 bits per heavy atom. The molecule has 0 amide bonds. The monoisotopic (exact) mass is 436 g/mol. The first kappa shape index (κ1) is 24.4. The SMILES string of the molecule is CC(C)(C)OC(=O)OC12CC3CC(C1)CC(OC(=O)C(C)(C(C)(C)C)C(C)(C)C)(C3)C2. The molecule has 5 heteroatoms. The van der Waals surface area contributed by atoms with Gasteiger partial charge in [-0.05, 0) is 82.5 Å². The largest absolute Gasteiger partial charge is 0.509 e. The van der Waals surface area contributed by atoms with Crippen molar-refractivity contribution in [1.82, 2.24) is 0 Å². The molecule has 0 N–H and O–H groups in total. The van der Waals surface area contributed by atoms with Crippen LogP contribution in [0.4, 0.5) is 4.79 Å². The summed E-state index contributed by atoms with van der Waals surface area (Å²) in [6.07, 6.45) is 4.55. The molecule has 0 aromatic heterocycles. The number of hydrogen-bond donors (Lipinski definition) is 0. The number of rotatable bonds is 3. The van der Waals surface area contributed by atoms with Gasteiger partial charge in [-0.25, -0.2) is 4.79 Å². The molecule has 2 unspecified atom stereocenters. The number of ether oxygens (including phenoxy) is 3. The highest BCUT2D eigenvalue weighted by atomic mass is 16.7. The quantitative estimate of drug-likeness (QED) is 0.462. The zero-order valence-corrected chi connectivity index (χ0v) is 21.4. The fraction of sp³-hybridized carbons (Fsp3) is 0.923. The predicted molar refractivity (Wildman–Crippen MR) is 121 cm³/mol. The predicted octanol–water partition coefficient (Wildman–Crippen LogP) is 6.67. The number of esters is 1. The van der Waals surface area contributed by atoms with E-state index < -0.39 is 28.4 Å². The number of hydrogen-bond acceptors (Lipinski definition) is 5. The first-order valence-electron chi connectivity index (χ1n) is 12.0. The molecule has 0 saturated heterocycles. The van der Waals surface area contributed by atoms with Gasteiger partial charge in [-0.3, -0.25) is 4.79 Å². The van der Waals surface area contributed by atoms with Gasteiger partial charge in [0.05, 0.1) is 5.41 Å². The van der Waals surface area contributed by atoms with Gasteiger partial charge in [-0.1, -0.05) is 41.5 Å². The third-order valence-electron chi connectivity index (χ3n) is 8.36. The van der Waals surface area contributed by atoms with Gasteiger partial charge in [0.25, 0.3) is 0 Å². The fourth-order valence-corrected chi connectivity index (χ4v) is 6.82. The van der Waals surface area contributed by atoms with Crippen molar-refractivity contribution >= 4 is 12.1 Å². The Kier molecular flexibility index (Phi) is 5.60. The second kappa shape index (κ2) is 7.12. The third-order valence-corrected chi connectivity index (χ3v) is 8.36. The van der Waals surface area contributed by atoms with Gasteiger partial charge < -0.3 is 14.2 Å². The minimum atomic E-state index is -0.650. The van der Waals surface area contributed by atoms with E-state index in [4.69, 9.17) is 14.2 Å². The van der Waals surface area contributed by atoms with E-state index in [-0.39, 0.29) is 16.8 Å². The zero-order chi connectivity index (χ0) is 23.7. The van der Waals surface area contributed by atoms with Crippen LogP contribution in [0.15, 0.2) is 0 Å². The lowest BCUT2D eigenvalue weighted by Crippen LogP contribution is -2.63. The van der Waals surface area contributed by atoms with Crippen LogP contribution in [0.1, 0.15) is 108 Å². The molecule has 2 atom stereocenters. The smallest absolute Gasteiger partial charge is 0.458 e. The summed E-state index contributed by atoms with van der Waals surface area (Å²) in [7, 11) is 0. The first-order chi connectivity index (χ1) is 13.8. The number of carbonyl (C=O) groups excluding carboxylic acids is 2. The molecule has 0 aromatic rings. The second-order valence-corrected chi connectivity index (χ2v) is 13.9. The van der Waals surface area contributed by atoms with E-state index in [0.29, 0.717) is 18.3 Å². The van der Waals surface area contributed by atoms with Crippen molar-refractivity contribution < 1.29 is 23.8 Å². The van der Waals surface area contributed by atoms with Crippen LogP contribution in [-0.4, -0.2) is 28.9 Å². The van der Waals surface area contributed by atoms with E-state index in [2.05, 4.69) is 41.5 Å². The highest BCUT2D eigenvalue weighted by molar-refractivity contribution is 5.79. The highest BCUT2D eigenvalue weighted by Crippen LogP contribution is 2.61. The maximum Gasteiger partial charge on any atom is 0.509 e. The fourth-order valence-electron chi connectivity index (χ4n) is 6.82. The van der Waals surface area contributed by atoms with Crippen LogP contribution in [0, 0.1) is 28.1 Å². The Bertz CT molecular complexity index is 702. The lowest BCUT2D eigenvalue weighted by Gasteiger charge is -2.61. The van der Waals surface area contributed by atoms with Gasteiger partial charge >= 0.3 is 12.1 Å². The molecular formula is C26H44O5. The lowest BCUT2D eigenvalue weighted by atomic mass is 9.51. The molecule has 0 radical (unpaired) electrons. The maximum atomic E-state index is 13.8. The van der Waals surface area contributed by atoms with E-state index in [9.17, 15) is 9.59 Å². The summed E-state index contributed by atoms with van der Waals surface area (Å²) in [6.45, 7) is 20.3. The molecule has 0 heterocycles. The summed E-state index contributed by atoms with van der Waals surface area (Å²) in [5, 5.41) is 0. The van der Waals surface area contributed by atoms with Gasteiger partial charge in [0.1, 0.15) is 16.8 Å². The Hall–Kier alpha value is -1.26. The van der Waals surface area contributed by atoms with Crippen molar-refractivity contribution in [2.75, 3.05) is 0 Å². The van der Waals surface area contributed by atoms with Crippen LogP contribution in [0.2, 0.25) is 0 Å². The average Bonchev–Trinajstić information content (AvgIpc) is 2.46. The molecule has 31 heavy (non-hydrogen) atoms. The molecule has 4 aliphatic carbocycles. The molecule has 0 spiro atoms. The normalized spacial score (nSPS) is 33.2. The molecule has 0 aliphatic heterocycles. The molecular weight excluding hydrogens is 392 g/mol. The zero-order valence-electron chi connectivity index (χ0n) is 21.4. The summed E-state index contributed by atoms with van der Waals surface area (Å²) in [6, 6.07) is 0. The Balaban J connectivity index is 1.85. The molecule has 4 aliphatic rings. The molecule has 0 aromatic carbocycles. The van der Waals surface area contributed by atoms with E-state index in [0.717, 1.165) is 32.1 Å². The van der Waals surface area contributed by atoms with E-state index in [1.54, 1.807) is 0 Å². The van der Waals surface area contributed by atoms with Crippen LogP contribution >= 0.6 is 0 Å². The Labute approximate surface area is 189 Å². The van der Waals surface area contributed by atoms with Crippen LogP contribution in [0.3, 0.4) is 0 Å². The minimum absolute atomic E-state index is 0.123. The third kappa shape index (κ3) is 4.48. The van der Waals surface area contributed by atoms with Gasteiger partial charge in [0.2, 0.25) is 0 Å². The Morgan fingerprint density at radius 2 is 1.13 bits per heavy atom. The first-order valence-corrected chi connectivity index (χ1v) is 12.0. The van der Waals surface area contributed by atoms with Crippen molar-refractivity contribution in [3.05, 3.63) is 0 Å². The molecule has 4 saturated carbocycles. The Morgan fingerprint density at radius 1 is 0.710 bits per heavy atom. The maximum absolute atomic E-state index is 13.8. The lowest BCUT2D eigenvalue weighted by molar-refractivity contribution is -0.237. The van der Waals surface area contributed by atoms with Crippen molar-refractivity contribution in [1.29, 1.82) is 0 Å². The second-order valence-electron chi connectivity index (χ2n) is 13.9. The average molecular weight is 437 g/mol. The van der Waals surface area contributed by atoms with Crippen LogP contribution in [0.5, 0.6) is 0 Å².